The Balaban J connectivity index is 2.00. The van der Waals surface area contributed by atoms with Gasteiger partial charge in [0.25, 0.3) is 5.91 Å². The van der Waals surface area contributed by atoms with Gasteiger partial charge in [-0.15, -0.1) is 0 Å². The van der Waals surface area contributed by atoms with E-state index in [2.05, 4.69) is 4.90 Å². The van der Waals surface area contributed by atoms with E-state index in [1.54, 1.807) is 12.0 Å². The summed E-state index contributed by atoms with van der Waals surface area (Å²) in [7, 11) is 3.59. The van der Waals surface area contributed by atoms with Crippen LogP contribution in [-0.2, 0) is 20.7 Å². The topological polar surface area (TPSA) is 85.1 Å². The van der Waals surface area contributed by atoms with E-state index >= 15 is 0 Å². The van der Waals surface area contributed by atoms with Crippen molar-refractivity contribution in [3.63, 3.8) is 0 Å². The number of fused-ring (bicyclic) bond motifs is 1. The molecule has 0 unspecified atom stereocenters. The van der Waals surface area contributed by atoms with Crippen LogP contribution >= 0.6 is 0 Å². The van der Waals surface area contributed by atoms with Gasteiger partial charge in [0.1, 0.15) is 5.75 Å². The fourth-order valence-corrected chi connectivity index (χ4v) is 4.02. The number of hydrogen-bond donors (Lipinski definition) is 1. The Hall–Kier alpha value is -2.90. The standard InChI is InChI=1S/C24H31N3O4/c1-17(28)31-23-21(18-8-10-20(30-3)11-9-18)16-19-6-4-5-7-22(19)27(24(23)29)15-14-26(2)13-12-25/h4-11,21,23H,12-16,25H2,1-3H3/t21-,23+/m0/s1. The lowest BCUT2D eigenvalue weighted by Gasteiger charge is -2.29. The molecule has 0 bridgehead atoms. The van der Waals surface area contributed by atoms with Crippen LogP contribution in [0.2, 0.25) is 0 Å². The number of rotatable bonds is 8. The number of methoxy groups -OCH3 is 1. The number of carbonyl (C=O) groups is 2. The lowest BCUT2D eigenvalue weighted by atomic mass is 9.87. The maximum Gasteiger partial charge on any atom is 0.303 e. The number of carbonyl (C=O) groups excluding carboxylic acids is 2. The second kappa shape index (κ2) is 10.4. The van der Waals surface area contributed by atoms with E-state index in [0.717, 1.165) is 29.1 Å². The van der Waals surface area contributed by atoms with E-state index in [1.807, 2.05) is 55.6 Å². The van der Waals surface area contributed by atoms with Gasteiger partial charge in [-0.1, -0.05) is 30.3 Å². The van der Waals surface area contributed by atoms with E-state index in [-0.39, 0.29) is 11.8 Å². The van der Waals surface area contributed by atoms with Crippen LogP contribution in [0.25, 0.3) is 0 Å². The number of para-hydroxylation sites is 1. The molecule has 0 fully saturated rings. The molecule has 7 nitrogen and oxygen atoms in total. The minimum Gasteiger partial charge on any atom is -0.497 e. The highest BCUT2D eigenvalue weighted by Crippen LogP contribution is 2.36. The van der Waals surface area contributed by atoms with Gasteiger partial charge in [-0.2, -0.15) is 0 Å². The van der Waals surface area contributed by atoms with Crippen molar-refractivity contribution in [3.8, 4) is 5.75 Å². The molecule has 0 aromatic heterocycles. The molecule has 2 atom stereocenters. The molecular weight excluding hydrogens is 394 g/mol. The van der Waals surface area contributed by atoms with Gasteiger partial charge in [-0.25, -0.2) is 0 Å². The van der Waals surface area contributed by atoms with Crippen LogP contribution in [0.5, 0.6) is 5.75 Å². The molecule has 0 saturated heterocycles. The molecule has 166 valence electrons. The largest absolute Gasteiger partial charge is 0.497 e. The molecule has 0 spiro atoms. The minimum absolute atomic E-state index is 0.206. The van der Waals surface area contributed by atoms with Gasteiger partial charge in [0.2, 0.25) is 0 Å². The van der Waals surface area contributed by atoms with Crippen molar-refractivity contribution >= 4 is 17.6 Å². The van der Waals surface area contributed by atoms with Gasteiger partial charge >= 0.3 is 5.97 Å². The van der Waals surface area contributed by atoms with E-state index in [4.69, 9.17) is 15.2 Å². The summed E-state index contributed by atoms with van der Waals surface area (Å²) >= 11 is 0. The van der Waals surface area contributed by atoms with Crippen LogP contribution in [0.4, 0.5) is 5.69 Å². The fourth-order valence-electron chi connectivity index (χ4n) is 4.02. The second-order valence-corrected chi connectivity index (χ2v) is 7.82. The van der Waals surface area contributed by atoms with Gasteiger partial charge in [0.05, 0.1) is 7.11 Å². The number of anilines is 1. The van der Waals surface area contributed by atoms with Gasteiger partial charge < -0.3 is 25.0 Å². The van der Waals surface area contributed by atoms with Crippen LogP contribution in [0.15, 0.2) is 48.5 Å². The summed E-state index contributed by atoms with van der Waals surface area (Å²) < 4.78 is 10.9. The van der Waals surface area contributed by atoms with Crippen molar-refractivity contribution in [2.45, 2.75) is 25.4 Å². The van der Waals surface area contributed by atoms with E-state index in [9.17, 15) is 9.59 Å². The first kappa shape index (κ1) is 22.8. The maximum absolute atomic E-state index is 13.7. The molecule has 1 heterocycles. The van der Waals surface area contributed by atoms with Crippen molar-refractivity contribution in [2.24, 2.45) is 5.73 Å². The highest BCUT2D eigenvalue weighted by atomic mass is 16.5. The SMILES string of the molecule is COc1ccc([C@@H]2Cc3ccccc3N(CCN(C)CCN)C(=O)[C@@H]2OC(C)=O)cc1. The van der Waals surface area contributed by atoms with E-state index in [1.165, 1.54) is 6.92 Å². The normalized spacial score (nSPS) is 18.5. The summed E-state index contributed by atoms with van der Waals surface area (Å²) in [5, 5.41) is 0. The van der Waals surface area contributed by atoms with Crippen molar-refractivity contribution in [3.05, 3.63) is 59.7 Å². The van der Waals surface area contributed by atoms with Crippen LogP contribution in [0.1, 0.15) is 24.0 Å². The molecule has 2 N–H and O–H groups in total. The molecular formula is C24H31N3O4. The third-order valence-corrected chi connectivity index (χ3v) is 5.65. The van der Waals surface area contributed by atoms with Crippen molar-refractivity contribution in [1.82, 2.24) is 4.90 Å². The van der Waals surface area contributed by atoms with Gasteiger partial charge in [0.15, 0.2) is 6.10 Å². The number of benzene rings is 2. The molecule has 0 radical (unpaired) electrons. The number of esters is 1. The lowest BCUT2D eigenvalue weighted by Crippen LogP contribution is -2.46. The fraction of sp³-hybridized carbons (Fsp3) is 0.417. The van der Waals surface area contributed by atoms with Crippen molar-refractivity contribution < 1.29 is 19.1 Å². The van der Waals surface area contributed by atoms with Crippen LogP contribution in [0.3, 0.4) is 0 Å². The highest BCUT2D eigenvalue weighted by Gasteiger charge is 2.40. The average Bonchev–Trinajstić information content (AvgIpc) is 2.87. The van der Waals surface area contributed by atoms with Gasteiger partial charge in [-0.3, -0.25) is 9.59 Å². The Kier molecular flexibility index (Phi) is 7.65. The van der Waals surface area contributed by atoms with Crippen molar-refractivity contribution in [1.29, 1.82) is 0 Å². The molecule has 1 aliphatic rings. The molecule has 7 heteroatoms. The van der Waals surface area contributed by atoms with E-state index < -0.39 is 12.1 Å². The molecule has 1 amide bonds. The van der Waals surface area contributed by atoms with Gasteiger partial charge in [-0.05, 0) is 42.8 Å². The van der Waals surface area contributed by atoms with Crippen LogP contribution < -0.4 is 15.4 Å². The maximum atomic E-state index is 13.7. The predicted octanol–water partition coefficient (Wildman–Crippen LogP) is 2.19. The first-order chi connectivity index (χ1) is 14.9. The Morgan fingerprint density at radius 2 is 1.87 bits per heavy atom. The third kappa shape index (κ3) is 5.42. The summed E-state index contributed by atoms with van der Waals surface area (Å²) in [6, 6.07) is 15.5. The molecule has 2 aromatic carbocycles. The van der Waals surface area contributed by atoms with Gasteiger partial charge in [0, 0.05) is 44.7 Å². The zero-order valence-electron chi connectivity index (χ0n) is 18.4. The monoisotopic (exact) mass is 425 g/mol. The zero-order valence-corrected chi connectivity index (χ0v) is 18.4. The lowest BCUT2D eigenvalue weighted by molar-refractivity contribution is -0.154. The summed E-state index contributed by atoms with van der Waals surface area (Å²) in [6.07, 6.45) is -0.320. The molecule has 0 saturated carbocycles. The predicted molar refractivity (Wildman–Crippen MR) is 120 cm³/mol. The zero-order chi connectivity index (χ0) is 22.4. The summed E-state index contributed by atoms with van der Waals surface area (Å²) in [5.41, 5.74) is 8.50. The summed E-state index contributed by atoms with van der Waals surface area (Å²) in [4.78, 5) is 29.5. The van der Waals surface area contributed by atoms with Crippen LogP contribution in [0, 0.1) is 0 Å². The first-order valence-electron chi connectivity index (χ1n) is 10.5. The quantitative estimate of drug-likeness (QED) is 0.653. The Morgan fingerprint density at radius 1 is 1.16 bits per heavy atom. The smallest absolute Gasteiger partial charge is 0.303 e. The number of likely N-dealkylation sites (N-methyl/N-ethyl adjacent to an activating group) is 1. The number of nitrogens with two attached hydrogens (primary N) is 1. The minimum atomic E-state index is -0.905. The Labute approximate surface area is 183 Å². The van der Waals surface area contributed by atoms with E-state index in [0.29, 0.717) is 26.1 Å². The number of amides is 1. The average molecular weight is 426 g/mol. The Bertz CT molecular complexity index is 900. The first-order valence-corrected chi connectivity index (χ1v) is 10.5. The number of ether oxygens (including phenoxy) is 2. The highest BCUT2D eigenvalue weighted by molar-refractivity contribution is 5.99. The molecule has 1 aliphatic heterocycles. The second-order valence-electron chi connectivity index (χ2n) is 7.82. The third-order valence-electron chi connectivity index (χ3n) is 5.65. The molecule has 0 aliphatic carbocycles. The number of hydrogen-bond acceptors (Lipinski definition) is 6. The molecule has 31 heavy (non-hydrogen) atoms. The molecule has 3 rings (SSSR count). The van der Waals surface area contributed by atoms with Crippen LogP contribution in [-0.4, -0.2) is 63.2 Å². The summed E-state index contributed by atoms with van der Waals surface area (Å²) in [5.74, 6) is -0.238. The summed E-state index contributed by atoms with van der Waals surface area (Å²) in [6.45, 7) is 3.79. The van der Waals surface area contributed by atoms with Crippen molar-refractivity contribution in [2.75, 3.05) is 45.2 Å². The Morgan fingerprint density at radius 3 is 2.52 bits per heavy atom. The molecule has 2 aromatic rings. The number of nitrogens with zero attached hydrogens (tertiary/aromatic N) is 2.